The number of benzene rings is 2. The van der Waals surface area contributed by atoms with Crippen LogP contribution >= 0.6 is 0 Å². The molecule has 106 valence electrons. The molecule has 0 saturated heterocycles. The summed E-state index contributed by atoms with van der Waals surface area (Å²) >= 11 is 0. The van der Waals surface area contributed by atoms with Crippen LogP contribution in [-0.4, -0.2) is 23.0 Å². The number of fused-ring (bicyclic) bond motifs is 1. The Kier molecular flexibility index (Phi) is 3.66. The molecular weight excluding hydrogens is 266 g/mol. The lowest BCUT2D eigenvalue weighted by Gasteiger charge is -2.15. The molecule has 3 rings (SSSR count). The van der Waals surface area contributed by atoms with E-state index in [2.05, 4.69) is 15.3 Å². The largest absolute Gasteiger partial charge is 0.367 e. The number of imidazole rings is 1. The molecule has 0 aliphatic rings. The number of aromatic nitrogens is 2. The summed E-state index contributed by atoms with van der Waals surface area (Å²) in [6.45, 7) is 0. The van der Waals surface area contributed by atoms with Gasteiger partial charge in [-0.15, -0.1) is 0 Å². The van der Waals surface area contributed by atoms with Crippen LogP contribution in [0.2, 0.25) is 0 Å². The van der Waals surface area contributed by atoms with Crippen LogP contribution in [0.25, 0.3) is 11.0 Å². The first-order chi connectivity index (χ1) is 10.3. The van der Waals surface area contributed by atoms with Crippen LogP contribution in [0, 0.1) is 0 Å². The van der Waals surface area contributed by atoms with Crippen molar-refractivity contribution in [3.05, 3.63) is 60.4 Å². The Morgan fingerprint density at radius 3 is 2.76 bits per heavy atom. The van der Waals surface area contributed by atoms with E-state index in [0.29, 0.717) is 5.69 Å². The number of ether oxygens (including phenoxy) is 1. The summed E-state index contributed by atoms with van der Waals surface area (Å²) in [5.74, 6) is -0.223. The number of para-hydroxylation sites is 1. The number of nitrogens with one attached hydrogen (secondary N) is 2. The maximum atomic E-state index is 12.4. The van der Waals surface area contributed by atoms with Gasteiger partial charge in [-0.25, -0.2) is 4.98 Å². The van der Waals surface area contributed by atoms with Crippen molar-refractivity contribution in [1.82, 2.24) is 9.97 Å². The molecule has 3 aromatic rings. The minimum absolute atomic E-state index is 0.223. The zero-order valence-electron chi connectivity index (χ0n) is 11.5. The van der Waals surface area contributed by atoms with Gasteiger partial charge >= 0.3 is 0 Å². The summed E-state index contributed by atoms with van der Waals surface area (Å²) in [5, 5.41) is 2.87. The lowest BCUT2D eigenvalue weighted by molar-refractivity contribution is -0.126. The van der Waals surface area contributed by atoms with E-state index < -0.39 is 6.10 Å². The topological polar surface area (TPSA) is 67.0 Å². The molecule has 1 atom stereocenters. The molecule has 0 aliphatic carbocycles. The Bertz CT molecular complexity index is 752. The monoisotopic (exact) mass is 281 g/mol. The molecule has 0 unspecified atom stereocenters. The number of methoxy groups -OCH3 is 1. The van der Waals surface area contributed by atoms with Crippen molar-refractivity contribution in [3.63, 3.8) is 0 Å². The first-order valence-electron chi connectivity index (χ1n) is 6.60. The Morgan fingerprint density at radius 1 is 1.19 bits per heavy atom. The molecule has 0 bridgehead atoms. The summed E-state index contributed by atoms with van der Waals surface area (Å²) < 4.78 is 5.32. The summed E-state index contributed by atoms with van der Waals surface area (Å²) in [5.41, 5.74) is 3.08. The van der Waals surface area contributed by atoms with E-state index in [0.717, 1.165) is 16.6 Å². The van der Waals surface area contributed by atoms with E-state index >= 15 is 0 Å². The summed E-state index contributed by atoms with van der Waals surface area (Å²) in [7, 11) is 1.52. The van der Waals surface area contributed by atoms with Gasteiger partial charge in [0, 0.05) is 7.11 Å². The Hall–Kier alpha value is -2.66. The number of amides is 1. The highest BCUT2D eigenvalue weighted by atomic mass is 16.5. The van der Waals surface area contributed by atoms with Gasteiger partial charge in [0.2, 0.25) is 0 Å². The molecule has 0 aliphatic heterocycles. The van der Waals surface area contributed by atoms with E-state index in [-0.39, 0.29) is 5.91 Å². The Balaban J connectivity index is 1.87. The van der Waals surface area contributed by atoms with Crippen LogP contribution in [0.3, 0.4) is 0 Å². The predicted octanol–water partition coefficient (Wildman–Crippen LogP) is 2.89. The molecule has 5 nitrogen and oxygen atoms in total. The molecule has 1 amide bonds. The number of aromatic amines is 1. The fourth-order valence-electron chi connectivity index (χ4n) is 2.29. The zero-order chi connectivity index (χ0) is 14.7. The maximum absolute atomic E-state index is 12.4. The summed E-state index contributed by atoms with van der Waals surface area (Å²) in [6, 6.07) is 15.0. The molecule has 0 saturated carbocycles. The van der Waals surface area contributed by atoms with Gasteiger partial charge in [0.1, 0.15) is 5.52 Å². The molecule has 5 heteroatoms. The van der Waals surface area contributed by atoms with Gasteiger partial charge in [0.15, 0.2) is 6.10 Å². The van der Waals surface area contributed by atoms with Crippen molar-refractivity contribution < 1.29 is 9.53 Å². The van der Waals surface area contributed by atoms with Crippen molar-refractivity contribution in [2.45, 2.75) is 6.10 Å². The molecule has 1 heterocycles. The van der Waals surface area contributed by atoms with Crippen molar-refractivity contribution >= 4 is 22.6 Å². The zero-order valence-corrected chi connectivity index (χ0v) is 11.5. The number of anilines is 1. The second-order valence-corrected chi connectivity index (χ2v) is 4.62. The predicted molar refractivity (Wildman–Crippen MR) is 80.9 cm³/mol. The average molecular weight is 281 g/mol. The van der Waals surface area contributed by atoms with Crippen LogP contribution in [0.5, 0.6) is 0 Å². The lowest BCUT2D eigenvalue weighted by atomic mass is 10.1. The minimum Gasteiger partial charge on any atom is -0.367 e. The van der Waals surface area contributed by atoms with Crippen LogP contribution < -0.4 is 5.32 Å². The molecule has 2 aromatic carbocycles. The number of carbonyl (C=O) groups is 1. The van der Waals surface area contributed by atoms with Crippen molar-refractivity contribution in [2.24, 2.45) is 0 Å². The first-order valence-corrected chi connectivity index (χ1v) is 6.60. The van der Waals surface area contributed by atoms with Crippen LogP contribution in [0.4, 0.5) is 5.69 Å². The summed E-state index contributed by atoms with van der Waals surface area (Å²) in [4.78, 5) is 19.7. The number of carbonyl (C=O) groups excluding carboxylic acids is 1. The lowest BCUT2D eigenvalue weighted by Crippen LogP contribution is -2.22. The van der Waals surface area contributed by atoms with E-state index in [1.54, 1.807) is 6.33 Å². The van der Waals surface area contributed by atoms with E-state index in [1.165, 1.54) is 7.11 Å². The Morgan fingerprint density at radius 2 is 2.00 bits per heavy atom. The third kappa shape index (κ3) is 2.64. The number of rotatable bonds is 4. The quantitative estimate of drug-likeness (QED) is 0.772. The van der Waals surface area contributed by atoms with Gasteiger partial charge < -0.3 is 15.0 Å². The van der Waals surface area contributed by atoms with Gasteiger partial charge in [-0.2, -0.15) is 0 Å². The van der Waals surface area contributed by atoms with Crippen LogP contribution in [0.1, 0.15) is 11.7 Å². The van der Waals surface area contributed by atoms with Gasteiger partial charge in [-0.3, -0.25) is 4.79 Å². The smallest absolute Gasteiger partial charge is 0.258 e. The SMILES string of the molecule is CO[C@H](C(=O)Nc1cccc2[nH]cnc12)c1ccccc1. The first kappa shape index (κ1) is 13.3. The minimum atomic E-state index is -0.652. The molecule has 0 radical (unpaired) electrons. The molecule has 0 fully saturated rings. The van der Waals surface area contributed by atoms with Gasteiger partial charge in [-0.1, -0.05) is 36.4 Å². The Labute approximate surface area is 122 Å². The fourth-order valence-corrected chi connectivity index (χ4v) is 2.29. The molecular formula is C16H15N3O2. The fraction of sp³-hybridized carbons (Fsp3) is 0.125. The highest BCUT2D eigenvalue weighted by Gasteiger charge is 2.20. The van der Waals surface area contributed by atoms with Crippen molar-refractivity contribution in [3.8, 4) is 0 Å². The molecule has 21 heavy (non-hydrogen) atoms. The highest BCUT2D eigenvalue weighted by molar-refractivity contribution is 6.01. The van der Waals surface area contributed by atoms with Crippen LogP contribution in [0.15, 0.2) is 54.9 Å². The van der Waals surface area contributed by atoms with Gasteiger partial charge in [0.05, 0.1) is 17.5 Å². The second-order valence-electron chi connectivity index (χ2n) is 4.62. The van der Waals surface area contributed by atoms with Gasteiger partial charge in [0.25, 0.3) is 5.91 Å². The number of hydrogen-bond acceptors (Lipinski definition) is 3. The van der Waals surface area contributed by atoms with E-state index in [9.17, 15) is 4.79 Å². The third-order valence-electron chi connectivity index (χ3n) is 3.28. The molecule has 0 spiro atoms. The number of H-pyrrole nitrogens is 1. The van der Waals surface area contributed by atoms with Crippen molar-refractivity contribution in [2.75, 3.05) is 12.4 Å². The third-order valence-corrected chi connectivity index (χ3v) is 3.28. The van der Waals surface area contributed by atoms with Crippen molar-refractivity contribution in [1.29, 1.82) is 0 Å². The standard InChI is InChI=1S/C16H15N3O2/c1-21-15(11-6-3-2-4-7-11)16(20)19-13-9-5-8-12-14(13)18-10-17-12/h2-10,15H,1H3,(H,17,18)(H,19,20)/t15-/m0/s1. The maximum Gasteiger partial charge on any atom is 0.258 e. The molecule has 1 aromatic heterocycles. The summed E-state index contributed by atoms with van der Waals surface area (Å²) in [6.07, 6.45) is 0.950. The number of nitrogens with zero attached hydrogens (tertiary/aromatic N) is 1. The van der Waals surface area contributed by atoms with Crippen LogP contribution in [-0.2, 0) is 9.53 Å². The normalized spacial score (nSPS) is 12.2. The van der Waals surface area contributed by atoms with Gasteiger partial charge in [-0.05, 0) is 17.7 Å². The van der Waals surface area contributed by atoms with E-state index in [4.69, 9.17) is 4.74 Å². The second kappa shape index (κ2) is 5.76. The number of hydrogen-bond donors (Lipinski definition) is 2. The van der Waals surface area contributed by atoms with E-state index in [1.807, 2.05) is 48.5 Å². The molecule has 2 N–H and O–H groups in total. The highest BCUT2D eigenvalue weighted by Crippen LogP contribution is 2.23. The average Bonchev–Trinajstić information content (AvgIpc) is 2.99.